The molecule has 3 aromatic carbocycles. The van der Waals surface area contributed by atoms with Crippen LogP contribution in [0.4, 0.5) is 11.4 Å². The number of carbonyl (C=O) groups excluding carboxylic acids is 2. The van der Waals surface area contributed by atoms with E-state index in [1.54, 1.807) is 36.4 Å². The van der Waals surface area contributed by atoms with Crippen molar-refractivity contribution < 1.29 is 27.5 Å². The molecule has 0 fully saturated rings. The third-order valence-corrected chi connectivity index (χ3v) is 6.07. The normalized spacial score (nSPS) is 10.8. The van der Waals surface area contributed by atoms with Crippen LogP contribution < -0.4 is 14.8 Å². The van der Waals surface area contributed by atoms with Crippen LogP contribution in [0.3, 0.4) is 0 Å². The van der Waals surface area contributed by atoms with Crippen molar-refractivity contribution in [1.82, 2.24) is 0 Å². The molecule has 3 aromatic rings. The van der Waals surface area contributed by atoms with Crippen molar-refractivity contribution in [3.05, 3.63) is 83.9 Å². The number of ether oxygens (including phenoxy) is 2. The predicted molar refractivity (Wildman–Crippen MR) is 125 cm³/mol. The quantitative estimate of drug-likeness (QED) is 0.462. The Hall–Kier alpha value is -3.85. The number of esters is 1. The molecule has 1 amide bonds. The summed E-state index contributed by atoms with van der Waals surface area (Å²) in [5.74, 6) is -0.970. The molecule has 172 valence electrons. The van der Waals surface area contributed by atoms with E-state index >= 15 is 0 Å². The fourth-order valence-corrected chi connectivity index (χ4v) is 4.07. The number of hydrogen-bond acceptors (Lipinski definition) is 6. The summed E-state index contributed by atoms with van der Waals surface area (Å²) < 4.78 is 38.2. The number of anilines is 2. The van der Waals surface area contributed by atoms with Gasteiger partial charge in [-0.2, -0.15) is 0 Å². The Balaban J connectivity index is 1.64. The number of benzene rings is 3. The summed E-state index contributed by atoms with van der Waals surface area (Å²) in [5, 5.41) is 2.64. The number of amides is 1. The average Bonchev–Trinajstić information content (AvgIpc) is 2.83. The minimum Gasteiger partial charge on any atom is -0.495 e. The monoisotopic (exact) mass is 468 g/mol. The third-order valence-electron chi connectivity index (χ3n) is 4.71. The molecule has 0 unspecified atom stereocenters. The van der Waals surface area contributed by atoms with Crippen LogP contribution in [0, 0.1) is 0 Å². The molecule has 0 atom stereocenters. The van der Waals surface area contributed by atoms with E-state index in [1.165, 1.54) is 31.4 Å². The number of sulfonamides is 1. The highest BCUT2D eigenvalue weighted by molar-refractivity contribution is 7.92. The van der Waals surface area contributed by atoms with Crippen LogP contribution in [0.15, 0.2) is 77.7 Å². The van der Waals surface area contributed by atoms with Gasteiger partial charge in [-0.05, 0) is 54.4 Å². The van der Waals surface area contributed by atoms with Gasteiger partial charge in [-0.1, -0.05) is 37.3 Å². The molecule has 0 bridgehead atoms. The van der Waals surface area contributed by atoms with Crippen molar-refractivity contribution in [1.29, 1.82) is 0 Å². The minimum atomic E-state index is -4.00. The molecule has 0 aromatic heterocycles. The molecule has 3 rings (SSSR count). The van der Waals surface area contributed by atoms with Crippen molar-refractivity contribution in [2.45, 2.75) is 18.2 Å². The maximum Gasteiger partial charge on any atom is 0.338 e. The van der Waals surface area contributed by atoms with Gasteiger partial charge in [0.1, 0.15) is 5.75 Å². The van der Waals surface area contributed by atoms with E-state index < -0.39 is 28.5 Å². The molecule has 0 aliphatic rings. The van der Waals surface area contributed by atoms with Gasteiger partial charge in [0.15, 0.2) is 6.61 Å². The number of para-hydroxylation sites is 2. The second kappa shape index (κ2) is 10.6. The van der Waals surface area contributed by atoms with E-state index in [-0.39, 0.29) is 16.1 Å². The SMILES string of the molecule is CCc1ccc(NC(=O)COC(=O)c2cccc(S(=O)(=O)Nc3ccccc3OC)c2)cc1. The third kappa shape index (κ3) is 6.33. The van der Waals surface area contributed by atoms with E-state index in [2.05, 4.69) is 10.0 Å². The number of carbonyl (C=O) groups is 2. The lowest BCUT2D eigenvalue weighted by molar-refractivity contribution is -0.119. The van der Waals surface area contributed by atoms with Gasteiger partial charge in [-0.25, -0.2) is 13.2 Å². The van der Waals surface area contributed by atoms with Gasteiger partial charge < -0.3 is 14.8 Å². The summed E-state index contributed by atoms with van der Waals surface area (Å²) in [5.41, 5.74) is 1.98. The number of aryl methyl sites for hydroxylation is 1. The van der Waals surface area contributed by atoms with E-state index in [4.69, 9.17) is 9.47 Å². The molecule has 0 radical (unpaired) electrons. The highest BCUT2D eigenvalue weighted by atomic mass is 32.2. The lowest BCUT2D eigenvalue weighted by Crippen LogP contribution is -2.21. The van der Waals surface area contributed by atoms with E-state index in [1.807, 2.05) is 19.1 Å². The number of nitrogens with one attached hydrogen (secondary N) is 2. The van der Waals surface area contributed by atoms with Crippen molar-refractivity contribution in [3.63, 3.8) is 0 Å². The summed E-state index contributed by atoms with van der Waals surface area (Å²) in [6.07, 6.45) is 0.884. The predicted octanol–water partition coefficient (Wildman–Crippen LogP) is 3.85. The summed E-state index contributed by atoms with van der Waals surface area (Å²) in [7, 11) is -2.57. The van der Waals surface area contributed by atoms with Gasteiger partial charge >= 0.3 is 5.97 Å². The first-order valence-corrected chi connectivity index (χ1v) is 11.6. The summed E-state index contributed by atoms with van der Waals surface area (Å²) in [6.45, 7) is 1.52. The average molecular weight is 469 g/mol. The maximum atomic E-state index is 12.8. The van der Waals surface area contributed by atoms with Crippen LogP contribution in [0.2, 0.25) is 0 Å². The second-order valence-electron chi connectivity index (χ2n) is 7.01. The van der Waals surface area contributed by atoms with Crippen molar-refractivity contribution in [2.75, 3.05) is 23.8 Å². The zero-order valence-electron chi connectivity index (χ0n) is 18.2. The largest absolute Gasteiger partial charge is 0.495 e. The lowest BCUT2D eigenvalue weighted by Gasteiger charge is -2.12. The van der Waals surface area contributed by atoms with Crippen molar-refractivity contribution in [3.8, 4) is 5.75 Å². The van der Waals surface area contributed by atoms with Crippen LogP contribution in [-0.4, -0.2) is 34.0 Å². The molecule has 0 saturated heterocycles. The molecule has 0 aliphatic heterocycles. The first kappa shape index (κ1) is 23.8. The molecule has 8 nitrogen and oxygen atoms in total. The molecule has 0 spiro atoms. The van der Waals surface area contributed by atoms with Crippen LogP contribution in [0.25, 0.3) is 0 Å². The zero-order valence-corrected chi connectivity index (χ0v) is 19.0. The zero-order chi connectivity index (χ0) is 23.8. The van der Waals surface area contributed by atoms with E-state index in [9.17, 15) is 18.0 Å². The molecule has 2 N–H and O–H groups in total. The Kier molecular flexibility index (Phi) is 7.68. The Morgan fingerprint density at radius 3 is 2.36 bits per heavy atom. The molecule has 0 saturated carbocycles. The summed E-state index contributed by atoms with van der Waals surface area (Å²) in [6, 6.07) is 19.2. The van der Waals surface area contributed by atoms with E-state index in [0.717, 1.165) is 12.0 Å². The minimum absolute atomic E-state index is 0.00185. The van der Waals surface area contributed by atoms with Gasteiger partial charge in [0, 0.05) is 5.69 Å². The summed E-state index contributed by atoms with van der Waals surface area (Å²) >= 11 is 0. The van der Waals surface area contributed by atoms with Crippen LogP contribution in [0.1, 0.15) is 22.8 Å². The van der Waals surface area contributed by atoms with Gasteiger partial charge in [0.05, 0.1) is 23.3 Å². The van der Waals surface area contributed by atoms with Crippen LogP contribution in [0.5, 0.6) is 5.75 Å². The topological polar surface area (TPSA) is 111 Å². The highest BCUT2D eigenvalue weighted by Gasteiger charge is 2.19. The maximum absolute atomic E-state index is 12.8. The van der Waals surface area contributed by atoms with Crippen molar-refractivity contribution >= 4 is 33.3 Å². The smallest absolute Gasteiger partial charge is 0.338 e. The Morgan fingerprint density at radius 2 is 1.67 bits per heavy atom. The number of rotatable bonds is 9. The fraction of sp³-hybridized carbons (Fsp3) is 0.167. The van der Waals surface area contributed by atoms with Crippen LogP contribution in [-0.2, 0) is 26.0 Å². The number of methoxy groups -OCH3 is 1. The lowest BCUT2D eigenvalue weighted by atomic mass is 10.1. The van der Waals surface area contributed by atoms with Gasteiger partial charge in [0.2, 0.25) is 0 Å². The molecular formula is C24H24N2O6S. The van der Waals surface area contributed by atoms with E-state index in [0.29, 0.717) is 11.4 Å². The van der Waals surface area contributed by atoms with Crippen LogP contribution >= 0.6 is 0 Å². The fourth-order valence-electron chi connectivity index (χ4n) is 2.96. The van der Waals surface area contributed by atoms with Gasteiger partial charge in [-0.15, -0.1) is 0 Å². The molecule has 33 heavy (non-hydrogen) atoms. The molecule has 0 aliphatic carbocycles. The summed E-state index contributed by atoms with van der Waals surface area (Å²) in [4.78, 5) is 24.3. The Morgan fingerprint density at radius 1 is 0.939 bits per heavy atom. The molecular weight excluding hydrogens is 444 g/mol. The highest BCUT2D eigenvalue weighted by Crippen LogP contribution is 2.26. The van der Waals surface area contributed by atoms with Gasteiger partial charge in [0.25, 0.3) is 15.9 Å². The molecule has 0 heterocycles. The standard InChI is InChI=1S/C24H24N2O6S/c1-3-17-11-13-19(14-12-17)25-23(27)16-32-24(28)18-7-6-8-20(15-18)33(29,30)26-21-9-4-5-10-22(21)31-2/h4-15,26H,3,16H2,1-2H3,(H,25,27). The van der Waals surface area contributed by atoms with Gasteiger partial charge in [-0.3, -0.25) is 9.52 Å². The first-order valence-electron chi connectivity index (χ1n) is 10.1. The first-order chi connectivity index (χ1) is 15.8. The van der Waals surface area contributed by atoms with Crippen molar-refractivity contribution in [2.24, 2.45) is 0 Å². The second-order valence-corrected chi connectivity index (χ2v) is 8.69. The Bertz CT molecular complexity index is 1240. The Labute approximate surface area is 192 Å². The number of hydrogen-bond donors (Lipinski definition) is 2. The molecule has 9 heteroatoms.